The van der Waals surface area contributed by atoms with Gasteiger partial charge in [0.2, 0.25) is 0 Å². The first-order valence-corrected chi connectivity index (χ1v) is 3.95. The number of rotatable bonds is 3. The lowest BCUT2D eigenvalue weighted by Gasteiger charge is -2.16. The van der Waals surface area contributed by atoms with Crippen LogP contribution < -0.4 is 5.32 Å². The highest BCUT2D eigenvalue weighted by atomic mass is 19.3. The standard InChI is InChI=1S/C7H10F4N2/c8-6(9)7(10,11)4-13-5-2-1-3-12-5/h6H,1-4H2,(H,12,13). The van der Waals surface area contributed by atoms with Crippen LogP contribution in [0.1, 0.15) is 12.8 Å². The Balaban J connectivity index is 2.32. The fraction of sp³-hybridized carbons (Fsp3) is 0.857. The maximum Gasteiger partial charge on any atom is 0.324 e. The molecule has 0 bridgehead atoms. The zero-order chi connectivity index (χ0) is 9.90. The van der Waals surface area contributed by atoms with Crippen molar-refractivity contribution in [1.82, 2.24) is 5.32 Å². The Morgan fingerprint density at radius 1 is 1.46 bits per heavy atom. The highest BCUT2D eigenvalue weighted by molar-refractivity contribution is 5.83. The number of amidine groups is 1. The van der Waals surface area contributed by atoms with E-state index in [1.807, 2.05) is 0 Å². The lowest BCUT2D eigenvalue weighted by Crippen LogP contribution is -2.40. The molecule has 6 heteroatoms. The third-order valence-electron chi connectivity index (χ3n) is 1.72. The summed E-state index contributed by atoms with van der Waals surface area (Å²) in [4.78, 5) is 3.83. The van der Waals surface area contributed by atoms with E-state index in [0.29, 0.717) is 18.8 Å². The predicted molar refractivity (Wildman–Crippen MR) is 40.5 cm³/mol. The van der Waals surface area contributed by atoms with Gasteiger partial charge in [-0.05, 0) is 6.42 Å². The van der Waals surface area contributed by atoms with Crippen LogP contribution in [0.3, 0.4) is 0 Å². The van der Waals surface area contributed by atoms with Crippen molar-refractivity contribution in [3.63, 3.8) is 0 Å². The number of nitrogens with zero attached hydrogens (tertiary/aromatic N) is 1. The monoisotopic (exact) mass is 198 g/mol. The summed E-state index contributed by atoms with van der Waals surface area (Å²) < 4.78 is 48.0. The normalized spacial score (nSPS) is 17.8. The molecule has 1 rings (SSSR count). The van der Waals surface area contributed by atoms with Gasteiger partial charge in [-0.25, -0.2) is 8.78 Å². The molecule has 0 radical (unpaired) electrons. The van der Waals surface area contributed by atoms with E-state index in [9.17, 15) is 17.6 Å². The van der Waals surface area contributed by atoms with Crippen molar-refractivity contribution in [1.29, 1.82) is 0 Å². The van der Waals surface area contributed by atoms with Crippen LogP contribution in [0.2, 0.25) is 0 Å². The Morgan fingerprint density at radius 3 is 2.62 bits per heavy atom. The van der Waals surface area contributed by atoms with Crippen LogP contribution in [-0.4, -0.2) is 31.3 Å². The van der Waals surface area contributed by atoms with E-state index in [-0.39, 0.29) is 0 Å². The number of alkyl halides is 4. The van der Waals surface area contributed by atoms with Crippen LogP contribution in [0.15, 0.2) is 4.99 Å². The number of nitrogens with one attached hydrogen (secondary N) is 1. The molecule has 0 spiro atoms. The summed E-state index contributed by atoms with van der Waals surface area (Å²) in [7, 11) is 0. The van der Waals surface area contributed by atoms with Crippen molar-refractivity contribution in [3.05, 3.63) is 0 Å². The van der Waals surface area contributed by atoms with Crippen molar-refractivity contribution in [3.8, 4) is 0 Å². The Bertz CT molecular complexity index is 203. The van der Waals surface area contributed by atoms with Gasteiger partial charge >= 0.3 is 12.3 Å². The maximum atomic E-state index is 12.3. The third kappa shape index (κ3) is 2.86. The highest BCUT2D eigenvalue weighted by Crippen LogP contribution is 2.21. The number of aliphatic imine (C=N–C) groups is 1. The molecule has 0 unspecified atom stereocenters. The minimum absolute atomic E-state index is 0.403. The van der Waals surface area contributed by atoms with Crippen molar-refractivity contribution in [2.24, 2.45) is 4.99 Å². The van der Waals surface area contributed by atoms with Gasteiger partial charge in [0.25, 0.3) is 0 Å². The van der Waals surface area contributed by atoms with Gasteiger partial charge in [0.15, 0.2) is 0 Å². The van der Waals surface area contributed by atoms with Crippen molar-refractivity contribution in [2.75, 3.05) is 13.1 Å². The van der Waals surface area contributed by atoms with Gasteiger partial charge < -0.3 is 5.32 Å². The molecule has 0 fully saturated rings. The van der Waals surface area contributed by atoms with Gasteiger partial charge in [-0.15, -0.1) is 0 Å². The molecule has 1 N–H and O–H groups in total. The van der Waals surface area contributed by atoms with Gasteiger partial charge in [-0.2, -0.15) is 8.78 Å². The first kappa shape index (κ1) is 10.3. The van der Waals surface area contributed by atoms with E-state index in [1.165, 1.54) is 0 Å². The van der Waals surface area contributed by atoms with Crippen LogP contribution in [0, 0.1) is 0 Å². The van der Waals surface area contributed by atoms with Crippen LogP contribution in [-0.2, 0) is 0 Å². The topological polar surface area (TPSA) is 24.4 Å². The quantitative estimate of drug-likeness (QED) is 0.685. The molecule has 0 aromatic carbocycles. The first-order valence-electron chi connectivity index (χ1n) is 3.95. The fourth-order valence-electron chi connectivity index (χ4n) is 0.981. The average molecular weight is 198 g/mol. The smallest absolute Gasteiger partial charge is 0.324 e. The lowest BCUT2D eigenvalue weighted by atomic mass is 10.3. The second-order valence-electron chi connectivity index (χ2n) is 2.85. The average Bonchev–Trinajstić information content (AvgIpc) is 2.52. The van der Waals surface area contributed by atoms with Crippen molar-refractivity contribution in [2.45, 2.75) is 25.2 Å². The summed E-state index contributed by atoms with van der Waals surface area (Å²) in [6, 6.07) is 0. The molecule has 1 aliphatic heterocycles. The molecule has 0 saturated carbocycles. The van der Waals surface area contributed by atoms with Gasteiger partial charge in [0.05, 0.1) is 12.4 Å². The Kier molecular flexibility index (Phi) is 3.11. The van der Waals surface area contributed by atoms with Crippen LogP contribution in [0.4, 0.5) is 17.6 Å². The number of hydrogen-bond donors (Lipinski definition) is 1. The van der Waals surface area contributed by atoms with Crippen LogP contribution >= 0.6 is 0 Å². The summed E-state index contributed by atoms with van der Waals surface area (Å²) in [6.07, 6.45) is -2.26. The second-order valence-corrected chi connectivity index (χ2v) is 2.85. The van der Waals surface area contributed by atoms with E-state index in [1.54, 1.807) is 0 Å². The summed E-state index contributed by atoms with van der Waals surface area (Å²) in [5, 5.41) is 2.22. The SMILES string of the molecule is FC(F)C(F)(F)CNC1=NCCC1. The third-order valence-corrected chi connectivity index (χ3v) is 1.72. The molecule has 0 aromatic rings. The molecule has 2 nitrogen and oxygen atoms in total. The lowest BCUT2D eigenvalue weighted by molar-refractivity contribution is -0.122. The van der Waals surface area contributed by atoms with Crippen LogP contribution in [0.5, 0.6) is 0 Å². The van der Waals surface area contributed by atoms with E-state index < -0.39 is 18.9 Å². The highest BCUT2D eigenvalue weighted by Gasteiger charge is 2.40. The fourth-order valence-corrected chi connectivity index (χ4v) is 0.981. The minimum atomic E-state index is -3.97. The number of halogens is 4. The molecule has 0 saturated heterocycles. The van der Waals surface area contributed by atoms with Crippen LogP contribution in [0.25, 0.3) is 0 Å². The largest absolute Gasteiger partial charge is 0.368 e. The molecule has 0 atom stereocenters. The Labute approximate surface area is 73.0 Å². The van der Waals surface area contributed by atoms with E-state index in [0.717, 1.165) is 6.42 Å². The van der Waals surface area contributed by atoms with E-state index in [4.69, 9.17) is 0 Å². The van der Waals surface area contributed by atoms with Gasteiger partial charge in [-0.3, -0.25) is 4.99 Å². The molecular formula is C7H10F4N2. The van der Waals surface area contributed by atoms with Gasteiger partial charge in [0.1, 0.15) is 0 Å². The molecule has 0 aromatic heterocycles. The Morgan fingerprint density at radius 2 is 2.15 bits per heavy atom. The van der Waals surface area contributed by atoms with Gasteiger partial charge in [-0.1, -0.05) is 0 Å². The molecule has 76 valence electrons. The molecule has 1 aliphatic rings. The summed E-state index contributed by atoms with van der Waals surface area (Å²) in [5.74, 6) is -3.56. The molecule has 0 aliphatic carbocycles. The van der Waals surface area contributed by atoms with E-state index in [2.05, 4.69) is 10.3 Å². The molecule has 1 heterocycles. The van der Waals surface area contributed by atoms with Crippen molar-refractivity contribution < 1.29 is 17.6 Å². The summed E-state index contributed by atoms with van der Waals surface area (Å²) in [5.41, 5.74) is 0. The Hall–Kier alpha value is -0.810. The van der Waals surface area contributed by atoms with E-state index >= 15 is 0 Å². The zero-order valence-electron chi connectivity index (χ0n) is 6.86. The van der Waals surface area contributed by atoms with Crippen molar-refractivity contribution >= 4 is 5.84 Å². The molecule has 13 heavy (non-hydrogen) atoms. The predicted octanol–water partition coefficient (Wildman–Crippen LogP) is 1.67. The second kappa shape index (κ2) is 3.93. The molecule has 0 amide bonds. The zero-order valence-corrected chi connectivity index (χ0v) is 6.86. The minimum Gasteiger partial charge on any atom is -0.368 e. The maximum absolute atomic E-state index is 12.3. The summed E-state index contributed by atoms with van der Waals surface area (Å²) in [6.45, 7) is -0.452. The molecular weight excluding hydrogens is 188 g/mol. The van der Waals surface area contributed by atoms with Gasteiger partial charge in [0, 0.05) is 13.0 Å². The first-order chi connectivity index (χ1) is 6.02. The number of hydrogen-bond acceptors (Lipinski definition) is 2. The summed E-state index contributed by atoms with van der Waals surface area (Å²) >= 11 is 0.